The summed E-state index contributed by atoms with van der Waals surface area (Å²) >= 11 is 1.57. The number of aliphatic carboxylic acids is 1. The molecule has 1 aliphatic rings. The summed E-state index contributed by atoms with van der Waals surface area (Å²) in [4.78, 5) is 25.4. The van der Waals surface area contributed by atoms with Crippen LogP contribution < -0.4 is 0 Å². The number of carbonyl (C=O) groups excluding carboxylic acids is 1. The summed E-state index contributed by atoms with van der Waals surface area (Å²) in [6, 6.07) is 13.2. The molecule has 1 heterocycles. The van der Waals surface area contributed by atoms with E-state index >= 15 is 0 Å². The first-order valence-corrected chi connectivity index (χ1v) is 7.53. The predicted octanol–water partition coefficient (Wildman–Crippen LogP) is 3.38. The molecule has 1 atom stereocenters. The molecule has 0 saturated heterocycles. The summed E-state index contributed by atoms with van der Waals surface area (Å²) in [6.45, 7) is 1.66. The van der Waals surface area contributed by atoms with Crippen molar-refractivity contribution in [1.82, 2.24) is 0 Å². The van der Waals surface area contributed by atoms with Gasteiger partial charge in [0.15, 0.2) is 5.78 Å². The van der Waals surface area contributed by atoms with Gasteiger partial charge in [0.05, 0.1) is 5.92 Å². The fourth-order valence-corrected chi connectivity index (χ4v) is 3.50. The van der Waals surface area contributed by atoms with Gasteiger partial charge in [-0.1, -0.05) is 42.1 Å². The van der Waals surface area contributed by atoms with Gasteiger partial charge in [0, 0.05) is 21.8 Å². The molecule has 0 amide bonds. The maximum Gasteiger partial charge on any atom is 2.00 e. The Morgan fingerprint density at radius 1 is 1.18 bits per heavy atom. The maximum absolute atomic E-state index is 12.4. The van der Waals surface area contributed by atoms with Gasteiger partial charge in [-0.2, -0.15) is 0 Å². The van der Waals surface area contributed by atoms with Crippen molar-refractivity contribution in [3.05, 3.63) is 59.2 Å². The van der Waals surface area contributed by atoms with E-state index in [9.17, 15) is 9.59 Å². The van der Waals surface area contributed by atoms with Crippen LogP contribution in [0.5, 0.6) is 0 Å². The average Bonchev–Trinajstić information content (AvgIpc) is 2.61. The molecule has 3 rings (SSSR count). The maximum atomic E-state index is 12.4. The minimum atomic E-state index is -0.856. The number of Topliss-reactive ketones (excluding diaryl/α,β-unsaturated/α-hetero) is 1. The van der Waals surface area contributed by atoms with Crippen LogP contribution in [0.3, 0.4) is 0 Å². The van der Waals surface area contributed by atoms with E-state index in [1.54, 1.807) is 18.7 Å². The second kappa shape index (κ2) is 7.18. The molecule has 0 spiro atoms. The standard InChI is InChI=1S/C17H14O3S.Ca/c1-10(17(19)20)11-6-7-15-12(8-11)9-14(18)13-4-2-3-5-16(13)21-15;/h2-8,10H,9H2,1H3,(H,19,20);/q;+2/t10-;/m1./s1. The minimum Gasteiger partial charge on any atom is -0.481 e. The molecule has 0 bridgehead atoms. The van der Waals surface area contributed by atoms with Gasteiger partial charge in [0.25, 0.3) is 0 Å². The molecule has 106 valence electrons. The van der Waals surface area contributed by atoms with Crippen molar-refractivity contribution in [3.63, 3.8) is 0 Å². The van der Waals surface area contributed by atoms with Gasteiger partial charge in [-0.3, -0.25) is 9.59 Å². The largest absolute Gasteiger partial charge is 2.00 e. The van der Waals surface area contributed by atoms with E-state index in [4.69, 9.17) is 5.11 Å². The van der Waals surface area contributed by atoms with Crippen molar-refractivity contribution in [1.29, 1.82) is 0 Å². The Balaban J connectivity index is 0.00000176. The number of ketones is 1. The number of rotatable bonds is 2. The second-order valence-electron chi connectivity index (χ2n) is 5.13. The summed E-state index contributed by atoms with van der Waals surface area (Å²) in [5.74, 6) is -1.34. The molecule has 2 aromatic carbocycles. The predicted molar refractivity (Wildman–Crippen MR) is 86.8 cm³/mol. The van der Waals surface area contributed by atoms with E-state index in [2.05, 4.69) is 0 Å². The fraction of sp³-hybridized carbons (Fsp3) is 0.176. The van der Waals surface area contributed by atoms with E-state index in [0.29, 0.717) is 6.42 Å². The molecule has 0 fully saturated rings. The molecule has 1 N–H and O–H groups in total. The Hall–Kier alpha value is -0.810. The van der Waals surface area contributed by atoms with E-state index < -0.39 is 11.9 Å². The number of hydrogen-bond acceptors (Lipinski definition) is 3. The van der Waals surface area contributed by atoms with E-state index in [0.717, 1.165) is 26.5 Å². The van der Waals surface area contributed by atoms with E-state index in [1.807, 2.05) is 42.5 Å². The average molecular weight is 338 g/mol. The number of carboxylic acids is 1. The third kappa shape index (κ3) is 3.40. The summed E-state index contributed by atoms with van der Waals surface area (Å²) in [5.41, 5.74) is 2.39. The van der Waals surface area contributed by atoms with Crippen molar-refractivity contribution in [3.8, 4) is 0 Å². The molecule has 3 nitrogen and oxygen atoms in total. The van der Waals surface area contributed by atoms with Gasteiger partial charge in [-0.25, -0.2) is 0 Å². The van der Waals surface area contributed by atoms with Crippen LogP contribution in [0.15, 0.2) is 52.3 Å². The SMILES string of the molecule is C[C@@H](C(=O)O)c1ccc2c(c1)CC(=O)c1ccccc1S2.[Ca+2]. The van der Waals surface area contributed by atoms with E-state index in [1.165, 1.54) is 0 Å². The van der Waals surface area contributed by atoms with Crippen molar-refractivity contribution >= 4 is 61.3 Å². The van der Waals surface area contributed by atoms with Gasteiger partial charge in [0.2, 0.25) is 0 Å². The zero-order valence-electron chi connectivity index (χ0n) is 12.2. The zero-order valence-corrected chi connectivity index (χ0v) is 15.2. The molecule has 0 radical (unpaired) electrons. The Bertz CT molecular complexity index is 742. The van der Waals surface area contributed by atoms with Crippen LogP contribution in [0.25, 0.3) is 0 Å². The Kier molecular flexibility index (Phi) is 5.72. The number of hydrogen-bond donors (Lipinski definition) is 1. The number of carbonyl (C=O) groups is 2. The molecule has 0 aromatic heterocycles. The Morgan fingerprint density at radius 2 is 1.91 bits per heavy atom. The summed E-state index contributed by atoms with van der Waals surface area (Å²) in [6.07, 6.45) is 0.319. The van der Waals surface area contributed by atoms with E-state index in [-0.39, 0.29) is 43.5 Å². The van der Waals surface area contributed by atoms with Crippen LogP contribution >= 0.6 is 11.8 Å². The molecule has 0 unspecified atom stereocenters. The monoisotopic (exact) mass is 338 g/mol. The minimum absolute atomic E-state index is 0. The van der Waals surface area contributed by atoms with Crippen molar-refractivity contribution in [2.75, 3.05) is 0 Å². The zero-order chi connectivity index (χ0) is 15.0. The normalized spacial score (nSPS) is 14.1. The Morgan fingerprint density at radius 3 is 2.64 bits per heavy atom. The summed E-state index contributed by atoms with van der Waals surface area (Å²) in [5, 5.41) is 9.12. The topological polar surface area (TPSA) is 54.4 Å². The quantitative estimate of drug-likeness (QED) is 0.853. The third-order valence-corrected chi connectivity index (χ3v) is 4.91. The van der Waals surface area contributed by atoms with Crippen LogP contribution in [-0.4, -0.2) is 54.6 Å². The van der Waals surface area contributed by atoms with Crippen LogP contribution in [-0.2, 0) is 11.2 Å². The molecule has 0 saturated carbocycles. The first-order valence-electron chi connectivity index (χ1n) is 6.72. The van der Waals surface area contributed by atoms with Crippen LogP contribution in [0.4, 0.5) is 0 Å². The number of carboxylic acid groups (broad SMARTS) is 1. The molecule has 22 heavy (non-hydrogen) atoms. The summed E-state index contributed by atoms with van der Waals surface area (Å²) in [7, 11) is 0. The van der Waals surface area contributed by atoms with Crippen LogP contribution in [0.2, 0.25) is 0 Å². The number of benzene rings is 2. The smallest absolute Gasteiger partial charge is 0.481 e. The van der Waals surface area contributed by atoms with Crippen molar-refractivity contribution in [2.45, 2.75) is 29.1 Å². The van der Waals surface area contributed by atoms with Crippen molar-refractivity contribution in [2.24, 2.45) is 0 Å². The van der Waals surface area contributed by atoms with Gasteiger partial charge >= 0.3 is 43.7 Å². The number of fused-ring (bicyclic) bond motifs is 2. The first-order chi connectivity index (χ1) is 10.1. The Labute approximate surface area is 163 Å². The molecular formula is C17H14CaO3S+2. The second-order valence-corrected chi connectivity index (χ2v) is 6.21. The van der Waals surface area contributed by atoms with Gasteiger partial charge in [-0.15, -0.1) is 0 Å². The van der Waals surface area contributed by atoms with Gasteiger partial charge in [0.1, 0.15) is 0 Å². The molecule has 2 aromatic rings. The third-order valence-electron chi connectivity index (χ3n) is 3.71. The first kappa shape index (κ1) is 17.5. The van der Waals surface area contributed by atoms with Crippen LogP contribution in [0.1, 0.15) is 34.3 Å². The summed E-state index contributed by atoms with van der Waals surface area (Å²) < 4.78 is 0. The molecule has 5 heteroatoms. The van der Waals surface area contributed by atoms with Gasteiger partial charge in [-0.05, 0) is 30.2 Å². The van der Waals surface area contributed by atoms with Crippen molar-refractivity contribution < 1.29 is 14.7 Å². The van der Waals surface area contributed by atoms with Gasteiger partial charge < -0.3 is 5.11 Å². The molecule has 0 aliphatic carbocycles. The molecular weight excluding hydrogens is 324 g/mol. The van der Waals surface area contributed by atoms with Crippen LogP contribution in [0, 0.1) is 0 Å². The fourth-order valence-electron chi connectivity index (χ4n) is 2.42. The molecule has 1 aliphatic heterocycles.